The van der Waals surface area contributed by atoms with Crippen molar-refractivity contribution in [1.29, 1.82) is 0 Å². The quantitative estimate of drug-likeness (QED) is 0.832. The van der Waals surface area contributed by atoms with Gasteiger partial charge in [-0.15, -0.1) is 0 Å². The average Bonchev–Trinajstić information content (AvgIpc) is 2.82. The maximum atomic E-state index is 12.4. The number of hydrogen-bond donors (Lipinski definition) is 0. The molecule has 6 heteroatoms. The third-order valence-electron chi connectivity index (χ3n) is 5.00. The van der Waals surface area contributed by atoms with E-state index in [1.54, 1.807) is 6.33 Å². The van der Waals surface area contributed by atoms with E-state index in [-0.39, 0.29) is 0 Å². The highest BCUT2D eigenvalue weighted by molar-refractivity contribution is 5.79. The van der Waals surface area contributed by atoms with Crippen molar-refractivity contribution in [1.82, 2.24) is 24.6 Å². The molecule has 21 heavy (non-hydrogen) atoms. The molecule has 1 atom stereocenters. The van der Waals surface area contributed by atoms with Crippen LogP contribution in [0.2, 0.25) is 0 Å². The van der Waals surface area contributed by atoms with Crippen molar-refractivity contribution in [2.75, 3.05) is 20.1 Å². The average molecular weight is 291 g/mol. The molecule has 1 saturated carbocycles. The maximum Gasteiger partial charge on any atom is 0.225 e. The SMILES string of the molecule is CN(C(=O)C1CCC1)C1CCCN(Cc2ncnn2C)C1. The van der Waals surface area contributed by atoms with Crippen LogP contribution >= 0.6 is 0 Å². The van der Waals surface area contributed by atoms with Gasteiger partial charge < -0.3 is 4.90 Å². The number of amides is 1. The Bertz CT molecular complexity index is 496. The number of rotatable bonds is 4. The first kappa shape index (κ1) is 14.5. The van der Waals surface area contributed by atoms with Crippen LogP contribution in [0.3, 0.4) is 0 Å². The Morgan fingerprint density at radius 2 is 2.19 bits per heavy atom. The molecular weight excluding hydrogens is 266 g/mol. The first-order chi connectivity index (χ1) is 10.1. The minimum absolute atomic E-state index is 0.295. The molecular formula is C15H25N5O. The summed E-state index contributed by atoms with van der Waals surface area (Å²) in [7, 11) is 3.91. The van der Waals surface area contributed by atoms with Crippen molar-refractivity contribution in [2.24, 2.45) is 13.0 Å². The minimum Gasteiger partial charge on any atom is -0.341 e. The van der Waals surface area contributed by atoms with Gasteiger partial charge in [0.05, 0.1) is 6.54 Å². The summed E-state index contributed by atoms with van der Waals surface area (Å²) in [6.07, 6.45) is 7.24. The number of nitrogens with zero attached hydrogens (tertiary/aromatic N) is 5. The number of likely N-dealkylation sites (N-methyl/N-ethyl adjacent to an activating group) is 1. The van der Waals surface area contributed by atoms with E-state index >= 15 is 0 Å². The first-order valence-electron chi connectivity index (χ1n) is 7.97. The molecule has 0 bridgehead atoms. The number of carbonyl (C=O) groups excluding carboxylic acids is 1. The van der Waals surface area contributed by atoms with E-state index in [1.165, 1.54) is 6.42 Å². The number of aromatic nitrogens is 3. The Balaban J connectivity index is 1.57. The number of hydrogen-bond acceptors (Lipinski definition) is 4. The summed E-state index contributed by atoms with van der Waals surface area (Å²) in [6, 6.07) is 0.347. The lowest BCUT2D eigenvalue weighted by Gasteiger charge is -2.40. The normalized spacial score (nSPS) is 23.8. The van der Waals surface area contributed by atoms with Gasteiger partial charge in [0, 0.05) is 32.6 Å². The lowest BCUT2D eigenvalue weighted by molar-refractivity contribution is -0.140. The largest absolute Gasteiger partial charge is 0.341 e. The second-order valence-electron chi connectivity index (χ2n) is 6.41. The van der Waals surface area contributed by atoms with Gasteiger partial charge in [-0.1, -0.05) is 6.42 Å². The van der Waals surface area contributed by atoms with Crippen LogP contribution in [-0.2, 0) is 18.4 Å². The van der Waals surface area contributed by atoms with E-state index < -0.39 is 0 Å². The molecule has 0 radical (unpaired) electrons. The summed E-state index contributed by atoms with van der Waals surface area (Å²) < 4.78 is 1.83. The van der Waals surface area contributed by atoms with Crippen LogP contribution in [0.25, 0.3) is 0 Å². The molecule has 116 valence electrons. The Labute approximate surface area is 126 Å². The molecule has 1 aliphatic heterocycles. The van der Waals surface area contributed by atoms with E-state index in [2.05, 4.69) is 15.0 Å². The van der Waals surface area contributed by atoms with Crippen molar-refractivity contribution in [3.8, 4) is 0 Å². The predicted octanol–water partition coefficient (Wildman–Crippen LogP) is 1.04. The zero-order valence-corrected chi connectivity index (χ0v) is 13.0. The highest BCUT2D eigenvalue weighted by atomic mass is 16.2. The smallest absolute Gasteiger partial charge is 0.225 e. The lowest BCUT2D eigenvalue weighted by Crippen LogP contribution is -2.50. The second-order valence-corrected chi connectivity index (χ2v) is 6.41. The molecule has 1 aliphatic carbocycles. The Kier molecular flexibility index (Phi) is 4.24. The summed E-state index contributed by atoms with van der Waals surface area (Å²) in [5.74, 6) is 1.64. The van der Waals surface area contributed by atoms with Gasteiger partial charge in [0.25, 0.3) is 0 Å². The van der Waals surface area contributed by atoms with Crippen molar-refractivity contribution < 1.29 is 4.79 Å². The van der Waals surface area contributed by atoms with E-state index in [9.17, 15) is 4.79 Å². The summed E-state index contributed by atoms with van der Waals surface area (Å²) in [5.41, 5.74) is 0. The van der Waals surface area contributed by atoms with Crippen LogP contribution in [0.15, 0.2) is 6.33 Å². The van der Waals surface area contributed by atoms with E-state index in [0.29, 0.717) is 17.9 Å². The molecule has 3 rings (SSSR count). The van der Waals surface area contributed by atoms with Gasteiger partial charge in [0.2, 0.25) is 5.91 Å². The van der Waals surface area contributed by atoms with E-state index in [4.69, 9.17) is 0 Å². The molecule has 1 aromatic rings. The van der Waals surface area contributed by atoms with Crippen molar-refractivity contribution >= 4 is 5.91 Å². The fraction of sp³-hybridized carbons (Fsp3) is 0.800. The van der Waals surface area contributed by atoms with Gasteiger partial charge in [-0.05, 0) is 32.2 Å². The van der Waals surface area contributed by atoms with Crippen LogP contribution in [0, 0.1) is 5.92 Å². The number of carbonyl (C=O) groups is 1. The molecule has 1 unspecified atom stereocenters. The fourth-order valence-corrected chi connectivity index (χ4v) is 3.28. The van der Waals surface area contributed by atoms with Gasteiger partial charge in [-0.2, -0.15) is 5.10 Å². The molecule has 6 nitrogen and oxygen atoms in total. The number of likely N-dealkylation sites (tertiary alicyclic amines) is 1. The van der Waals surface area contributed by atoms with Crippen LogP contribution < -0.4 is 0 Å². The lowest BCUT2D eigenvalue weighted by atomic mass is 9.84. The molecule has 1 saturated heterocycles. The highest BCUT2D eigenvalue weighted by Crippen LogP contribution is 2.29. The molecule has 2 fully saturated rings. The van der Waals surface area contributed by atoms with Crippen LogP contribution in [-0.4, -0.2) is 56.7 Å². The topological polar surface area (TPSA) is 54.3 Å². The molecule has 1 aromatic heterocycles. The van der Waals surface area contributed by atoms with E-state index in [1.807, 2.05) is 23.7 Å². The van der Waals surface area contributed by atoms with Crippen molar-refractivity contribution in [3.63, 3.8) is 0 Å². The summed E-state index contributed by atoms with van der Waals surface area (Å²) >= 11 is 0. The van der Waals surface area contributed by atoms with Crippen molar-refractivity contribution in [3.05, 3.63) is 12.2 Å². The van der Waals surface area contributed by atoms with Gasteiger partial charge in [0.1, 0.15) is 12.2 Å². The predicted molar refractivity (Wildman–Crippen MR) is 79.4 cm³/mol. The standard InChI is InChI=1S/C15H25N5O/c1-18(15(21)12-5-3-6-12)13-7-4-8-20(9-13)10-14-16-11-17-19(14)2/h11-13H,3-10H2,1-2H3. The Morgan fingerprint density at radius 3 is 2.81 bits per heavy atom. The van der Waals surface area contributed by atoms with Crippen LogP contribution in [0.4, 0.5) is 0 Å². The fourth-order valence-electron chi connectivity index (χ4n) is 3.28. The number of aryl methyl sites for hydroxylation is 1. The molecule has 0 aromatic carbocycles. The van der Waals surface area contributed by atoms with Gasteiger partial charge in [0.15, 0.2) is 0 Å². The third kappa shape index (κ3) is 3.10. The minimum atomic E-state index is 0.295. The summed E-state index contributed by atoms with van der Waals surface area (Å²) in [5, 5.41) is 4.12. The molecule has 2 aliphatic rings. The maximum absolute atomic E-state index is 12.4. The summed E-state index contributed by atoms with van der Waals surface area (Å²) in [4.78, 5) is 21.1. The second kappa shape index (κ2) is 6.13. The van der Waals surface area contributed by atoms with Crippen LogP contribution in [0.1, 0.15) is 37.9 Å². The van der Waals surface area contributed by atoms with Crippen LogP contribution in [0.5, 0.6) is 0 Å². The zero-order valence-electron chi connectivity index (χ0n) is 13.0. The zero-order chi connectivity index (χ0) is 14.8. The van der Waals surface area contributed by atoms with Gasteiger partial charge in [-0.25, -0.2) is 4.98 Å². The molecule has 0 N–H and O–H groups in total. The van der Waals surface area contributed by atoms with Gasteiger partial charge in [-0.3, -0.25) is 14.4 Å². The Hall–Kier alpha value is -1.43. The molecule has 2 heterocycles. The third-order valence-corrected chi connectivity index (χ3v) is 5.00. The van der Waals surface area contributed by atoms with Gasteiger partial charge >= 0.3 is 0 Å². The van der Waals surface area contributed by atoms with E-state index in [0.717, 1.165) is 51.1 Å². The molecule has 1 amide bonds. The first-order valence-corrected chi connectivity index (χ1v) is 7.97. The monoisotopic (exact) mass is 291 g/mol. The summed E-state index contributed by atoms with van der Waals surface area (Å²) in [6.45, 7) is 2.84. The highest BCUT2D eigenvalue weighted by Gasteiger charge is 2.33. The Morgan fingerprint density at radius 1 is 1.38 bits per heavy atom. The van der Waals surface area contributed by atoms with Crippen molar-refractivity contribution in [2.45, 2.75) is 44.7 Å². The molecule has 0 spiro atoms. The number of piperidine rings is 1.